The Hall–Kier alpha value is -2.62. The van der Waals surface area contributed by atoms with Crippen LogP contribution >= 0.6 is 0 Å². The highest BCUT2D eigenvalue weighted by Gasteiger charge is 2.24. The molecular weight excluding hydrogens is 292 g/mol. The average Bonchev–Trinajstić information content (AvgIpc) is 2.58. The van der Waals surface area contributed by atoms with E-state index in [1.807, 2.05) is 24.3 Å². The number of benzene rings is 2. The third-order valence-corrected chi connectivity index (χ3v) is 4.23. The minimum atomic E-state index is -0.417. The van der Waals surface area contributed by atoms with E-state index in [1.165, 1.54) is 0 Å². The molecule has 118 valence electrons. The molecule has 0 fully saturated rings. The van der Waals surface area contributed by atoms with Crippen LogP contribution in [0, 0.1) is 0 Å². The maximum Gasteiger partial charge on any atom is 0.338 e. The lowest BCUT2D eigenvalue weighted by molar-refractivity contribution is 0.0265. The summed E-state index contributed by atoms with van der Waals surface area (Å²) in [7, 11) is 0. The van der Waals surface area contributed by atoms with Gasteiger partial charge in [0, 0.05) is 5.41 Å². The van der Waals surface area contributed by atoms with Crippen LogP contribution in [0.2, 0.25) is 0 Å². The number of esters is 2. The first-order chi connectivity index (χ1) is 11.0. The molecule has 4 heteroatoms. The van der Waals surface area contributed by atoms with E-state index in [4.69, 9.17) is 9.47 Å². The first-order valence-corrected chi connectivity index (χ1v) is 7.54. The minimum Gasteiger partial charge on any atom is -0.458 e. The lowest BCUT2D eigenvalue weighted by Gasteiger charge is -2.26. The number of ether oxygens (including phenoxy) is 2. The van der Waals surface area contributed by atoms with Crippen LogP contribution in [0.5, 0.6) is 0 Å². The van der Waals surface area contributed by atoms with E-state index in [1.54, 1.807) is 24.3 Å². The van der Waals surface area contributed by atoms with Crippen molar-refractivity contribution in [3.8, 4) is 0 Å². The first-order valence-electron chi connectivity index (χ1n) is 7.54. The molecule has 0 atom stereocenters. The van der Waals surface area contributed by atoms with E-state index in [9.17, 15) is 9.59 Å². The molecule has 3 heterocycles. The molecule has 4 nitrogen and oxygen atoms in total. The fraction of sp³-hybridized carbons (Fsp3) is 0.263. The van der Waals surface area contributed by atoms with Crippen molar-refractivity contribution in [3.05, 3.63) is 70.8 Å². The van der Waals surface area contributed by atoms with Gasteiger partial charge in [-0.15, -0.1) is 0 Å². The Kier molecular flexibility index (Phi) is 3.90. The molecule has 0 unspecified atom stereocenters. The summed E-state index contributed by atoms with van der Waals surface area (Å²) in [6.07, 6.45) is 0. The van der Waals surface area contributed by atoms with Gasteiger partial charge in [0.05, 0.1) is 11.1 Å². The van der Waals surface area contributed by atoms with Crippen LogP contribution in [-0.4, -0.2) is 25.2 Å². The fourth-order valence-corrected chi connectivity index (χ4v) is 2.65. The molecule has 3 aliphatic rings. The van der Waals surface area contributed by atoms with E-state index in [0.29, 0.717) is 11.1 Å². The molecule has 0 aliphatic carbocycles. The summed E-state index contributed by atoms with van der Waals surface area (Å²) in [5, 5.41) is 0. The van der Waals surface area contributed by atoms with E-state index < -0.39 is 11.9 Å². The van der Waals surface area contributed by atoms with Crippen LogP contribution in [0.4, 0.5) is 0 Å². The number of carbonyl (C=O) groups is 2. The molecule has 4 bridgehead atoms. The van der Waals surface area contributed by atoms with Gasteiger partial charge in [0.15, 0.2) is 0 Å². The predicted molar refractivity (Wildman–Crippen MR) is 85.6 cm³/mol. The van der Waals surface area contributed by atoms with E-state index in [2.05, 4.69) is 13.8 Å². The van der Waals surface area contributed by atoms with Gasteiger partial charge in [0.2, 0.25) is 0 Å². The SMILES string of the molecule is CC1(C)c2ccc(cc2)C(=O)OCCOC(=O)c2ccc1cc2. The maximum absolute atomic E-state index is 11.9. The zero-order valence-corrected chi connectivity index (χ0v) is 13.2. The van der Waals surface area contributed by atoms with Gasteiger partial charge in [-0.05, 0) is 35.4 Å². The molecule has 0 aromatic heterocycles. The summed E-state index contributed by atoms with van der Waals surface area (Å²) in [5.41, 5.74) is 2.89. The maximum atomic E-state index is 11.9. The van der Waals surface area contributed by atoms with Crippen molar-refractivity contribution in [2.24, 2.45) is 0 Å². The van der Waals surface area contributed by atoms with Crippen LogP contribution in [0.15, 0.2) is 48.5 Å². The fourth-order valence-electron chi connectivity index (χ4n) is 2.65. The highest BCUT2D eigenvalue weighted by Crippen LogP contribution is 2.32. The largest absolute Gasteiger partial charge is 0.458 e. The van der Waals surface area contributed by atoms with Gasteiger partial charge < -0.3 is 9.47 Å². The van der Waals surface area contributed by atoms with Gasteiger partial charge in [-0.3, -0.25) is 0 Å². The van der Waals surface area contributed by atoms with Crippen molar-refractivity contribution < 1.29 is 19.1 Å². The third-order valence-electron chi connectivity index (χ3n) is 4.23. The van der Waals surface area contributed by atoms with Crippen molar-refractivity contribution in [3.63, 3.8) is 0 Å². The molecular formula is C19H18O4. The molecule has 0 radical (unpaired) electrons. The van der Waals surface area contributed by atoms with E-state index in [0.717, 1.165) is 11.1 Å². The third kappa shape index (κ3) is 2.97. The molecule has 23 heavy (non-hydrogen) atoms. The Bertz CT molecular complexity index is 663. The van der Waals surface area contributed by atoms with E-state index in [-0.39, 0.29) is 18.6 Å². The summed E-state index contributed by atoms with van der Waals surface area (Å²) in [5.74, 6) is -0.834. The lowest BCUT2D eigenvalue weighted by atomic mass is 9.78. The van der Waals surface area contributed by atoms with E-state index >= 15 is 0 Å². The Morgan fingerprint density at radius 2 is 1.04 bits per heavy atom. The minimum absolute atomic E-state index is 0.0376. The van der Waals surface area contributed by atoms with Gasteiger partial charge >= 0.3 is 11.9 Å². The van der Waals surface area contributed by atoms with Crippen LogP contribution in [0.25, 0.3) is 0 Å². The number of carbonyl (C=O) groups excluding carboxylic acids is 2. The molecule has 0 spiro atoms. The van der Waals surface area contributed by atoms with Gasteiger partial charge in [-0.25, -0.2) is 9.59 Å². The molecule has 0 amide bonds. The monoisotopic (exact) mass is 310 g/mol. The Labute approximate surface area is 135 Å². The van der Waals surface area contributed by atoms with Gasteiger partial charge in [0.1, 0.15) is 13.2 Å². The van der Waals surface area contributed by atoms with Crippen LogP contribution in [0.1, 0.15) is 45.7 Å². The van der Waals surface area contributed by atoms with Crippen LogP contribution in [0.3, 0.4) is 0 Å². The number of hydrogen-bond donors (Lipinski definition) is 0. The van der Waals surface area contributed by atoms with Crippen molar-refractivity contribution >= 4 is 11.9 Å². The van der Waals surface area contributed by atoms with Crippen molar-refractivity contribution in [1.82, 2.24) is 0 Å². The second kappa shape index (κ2) is 5.88. The lowest BCUT2D eigenvalue weighted by Crippen LogP contribution is -2.19. The number of rotatable bonds is 0. The van der Waals surface area contributed by atoms with Crippen LogP contribution < -0.4 is 0 Å². The predicted octanol–water partition coefficient (Wildman–Crippen LogP) is 3.34. The molecule has 0 saturated carbocycles. The summed E-state index contributed by atoms with van der Waals surface area (Å²) in [6.45, 7) is 4.28. The van der Waals surface area contributed by atoms with Crippen molar-refractivity contribution in [2.45, 2.75) is 19.3 Å². The topological polar surface area (TPSA) is 52.6 Å². The average molecular weight is 310 g/mol. The molecule has 5 rings (SSSR count). The molecule has 2 aromatic carbocycles. The summed E-state index contributed by atoms with van der Waals surface area (Å²) in [6, 6.07) is 14.8. The van der Waals surface area contributed by atoms with Crippen molar-refractivity contribution in [2.75, 3.05) is 13.2 Å². The standard InChI is InChI=1S/C19H18O4/c1-19(2)15-7-3-13(4-8-15)17(20)22-11-12-23-18(21)14-5-9-16(19)10-6-14/h3-10H,11-12H2,1-2H3. The number of fused-ring (bicyclic) bond motifs is 2. The molecule has 3 aliphatic heterocycles. The Balaban J connectivity index is 2.05. The first kappa shape index (κ1) is 15.3. The van der Waals surface area contributed by atoms with Crippen LogP contribution in [-0.2, 0) is 14.9 Å². The molecule has 0 saturated heterocycles. The van der Waals surface area contributed by atoms with Gasteiger partial charge in [-0.1, -0.05) is 38.1 Å². The Morgan fingerprint density at radius 3 is 1.39 bits per heavy atom. The second-order valence-electron chi connectivity index (χ2n) is 6.05. The highest BCUT2D eigenvalue weighted by atomic mass is 16.6. The van der Waals surface area contributed by atoms with Crippen molar-refractivity contribution in [1.29, 1.82) is 0 Å². The summed E-state index contributed by atoms with van der Waals surface area (Å²) >= 11 is 0. The smallest absolute Gasteiger partial charge is 0.338 e. The van der Waals surface area contributed by atoms with Gasteiger partial charge in [0.25, 0.3) is 0 Å². The molecule has 2 aromatic rings. The zero-order chi connectivity index (χ0) is 16.4. The molecule has 0 N–H and O–H groups in total. The summed E-state index contributed by atoms with van der Waals surface area (Å²) < 4.78 is 10.2. The Morgan fingerprint density at radius 1 is 0.696 bits per heavy atom. The van der Waals surface area contributed by atoms with Gasteiger partial charge in [-0.2, -0.15) is 0 Å². The summed E-state index contributed by atoms with van der Waals surface area (Å²) in [4.78, 5) is 23.9. The second-order valence-corrected chi connectivity index (χ2v) is 6.05. The zero-order valence-electron chi connectivity index (χ0n) is 13.2. The normalized spacial score (nSPS) is 17.1. The quantitative estimate of drug-likeness (QED) is 0.700. The number of hydrogen-bond acceptors (Lipinski definition) is 4. The highest BCUT2D eigenvalue weighted by molar-refractivity contribution is 5.90.